The highest BCUT2D eigenvalue weighted by molar-refractivity contribution is 5.42. The van der Waals surface area contributed by atoms with Crippen LogP contribution in [0.4, 0.5) is 5.69 Å². The van der Waals surface area contributed by atoms with Crippen LogP contribution in [0.25, 0.3) is 0 Å². The first-order chi connectivity index (χ1) is 9.36. The van der Waals surface area contributed by atoms with Crippen molar-refractivity contribution in [3.63, 3.8) is 0 Å². The molecule has 0 atom stereocenters. The lowest BCUT2D eigenvalue weighted by atomic mass is 10.3. The summed E-state index contributed by atoms with van der Waals surface area (Å²) < 4.78 is 15.7. The molecule has 0 spiro atoms. The van der Waals surface area contributed by atoms with Gasteiger partial charge in [-0.3, -0.25) is 4.98 Å². The number of anilines is 1. The molecular formula is C14H24N2O3. The van der Waals surface area contributed by atoms with E-state index in [-0.39, 0.29) is 0 Å². The van der Waals surface area contributed by atoms with Crippen LogP contribution in [0.15, 0.2) is 18.3 Å². The highest BCUT2D eigenvalue weighted by Gasteiger charge is 1.97. The highest BCUT2D eigenvalue weighted by Crippen LogP contribution is 2.08. The Morgan fingerprint density at radius 3 is 2.74 bits per heavy atom. The van der Waals surface area contributed by atoms with E-state index in [9.17, 15) is 0 Å². The van der Waals surface area contributed by atoms with Crippen LogP contribution in [0.1, 0.15) is 19.0 Å². The molecule has 0 aromatic carbocycles. The molecule has 1 heterocycles. The largest absolute Gasteiger partial charge is 0.385 e. The molecule has 1 rings (SSSR count). The van der Waals surface area contributed by atoms with Crippen molar-refractivity contribution in [3.8, 4) is 0 Å². The van der Waals surface area contributed by atoms with Gasteiger partial charge in [0.2, 0.25) is 0 Å². The van der Waals surface area contributed by atoms with Gasteiger partial charge in [0.1, 0.15) is 0 Å². The van der Waals surface area contributed by atoms with Crippen molar-refractivity contribution in [1.82, 2.24) is 4.98 Å². The van der Waals surface area contributed by atoms with E-state index in [1.165, 1.54) is 0 Å². The molecule has 0 bridgehead atoms. The minimum absolute atomic E-state index is 0.509. The topological polar surface area (TPSA) is 52.6 Å². The average molecular weight is 268 g/mol. The zero-order chi connectivity index (χ0) is 13.8. The van der Waals surface area contributed by atoms with Crippen molar-refractivity contribution in [2.24, 2.45) is 0 Å². The molecule has 19 heavy (non-hydrogen) atoms. The maximum absolute atomic E-state index is 5.50. The van der Waals surface area contributed by atoms with E-state index in [0.717, 1.165) is 24.3 Å². The number of ether oxygens (including phenoxy) is 3. The van der Waals surface area contributed by atoms with Gasteiger partial charge in [-0.2, -0.15) is 0 Å². The summed E-state index contributed by atoms with van der Waals surface area (Å²) in [5.74, 6) is 0. The van der Waals surface area contributed by atoms with Crippen LogP contribution >= 0.6 is 0 Å². The lowest BCUT2D eigenvalue weighted by Gasteiger charge is -2.08. The van der Waals surface area contributed by atoms with E-state index in [1.54, 1.807) is 13.3 Å². The van der Waals surface area contributed by atoms with Crippen LogP contribution in [0.2, 0.25) is 0 Å². The fraction of sp³-hybridized carbons (Fsp3) is 0.643. The molecule has 0 aliphatic carbocycles. The quantitative estimate of drug-likeness (QED) is 0.623. The van der Waals surface area contributed by atoms with Gasteiger partial charge in [-0.1, -0.05) is 6.92 Å². The van der Waals surface area contributed by atoms with Crippen molar-refractivity contribution in [2.45, 2.75) is 20.0 Å². The molecule has 1 aromatic rings. The molecule has 0 aliphatic rings. The summed E-state index contributed by atoms with van der Waals surface area (Å²) in [6.45, 7) is 5.99. The SMILES string of the molecule is CCCNc1ccnc(COCCOCCOC)c1. The highest BCUT2D eigenvalue weighted by atomic mass is 16.5. The summed E-state index contributed by atoms with van der Waals surface area (Å²) in [7, 11) is 1.66. The molecule has 5 nitrogen and oxygen atoms in total. The van der Waals surface area contributed by atoms with Gasteiger partial charge in [0.05, 0.1) is 38.7 Å². The van der Waals surface area contributed by atoms with Crippen molar-refractivity contribution in [2.75, 3.05) is 45.4 Å². The molecular weight excluding hydrogens is 244 g/mol. The first kappa shape index (κ1) is 15.9. The lowest BCUT2D eigenvalue weighted by Crippen LogP contribution is -2.08. The van der Waals surface area contributed by atoms with E-state index in [0.29, 0.717) is 33.0 Å². The minimum Gasteiger partial charge on any atom is -0.385 e. The third kappa shape index (κ3) is 7.77. The fourth-order valence-electron chi connectivity index (χ4n) is 1.48. The van der Waals surface area contributed by atoms with Gasteiger partial charge in [-0.05, 0) is 18.6 Å². The zero-order valence-corrected chi connectivity index (χ0v) is 11.9. The predicted octanol–water partition coefficient (Wildman–Crippen LogP) is 2.08. The first-order valence-electron chi connectivity index (χ1n) is 6.70. The lowest BCUT2D eigenvalue weighted by molar-refractivity contribution is 0.0192. The van der Waals surface area contributed by atoms with E-state index in [2.05, 4.69) is 17.2 Å². The van der Waals surface area contributed by atoms with Crippen molar-refractivity contribution in [3.05, 3.63) is 24.0 Å². The van der Waals surface area contributed by atoms with E-state index in [4.69, 9.17) is 14.2 Å². The monoisotopic (exact) mass is 268 g/mol. The van der Waals surface area contributed by atoms with Crippen LogP contribution in [0.5, 0.6) is 0 Å². The predicted molar refractivity (Wildman–Crippen MR) is 75.4 cm³/mol. The van der Waals surface area contributed by atoms with Gasteiger partial charge in [0.15, 0.2) is 0 Å². The fourth-order valence-corrected chi connectivity index (χ4v) is 1.48. The minimum atomic E-state index is 0.509. The number of methoxy groups -OCH3 is 1. The Morgan fingerprint density at radius 1 is 1.16 bits per heavy atom. The molecule has 108 valence electrons. The summed E-state index contributed by atoms with van der Waals surface area (Å²) in [5, 5.41) is 3.33. The second kappa shape index (κ2) is 10.7. The number of nitrogens with one attached hydrogen (secondary N) is 1. The summed E-state index contributed by atoms with van der Waals surface area (Å²) in [6.07, 6.45) is 2.90. The Labute approximate surface area is 115 Å². The van der Waals surface area contributed by atoms with Crippen LogP contribution < -0.4 is 5.32 Å². The normalized spacial score (nSPS) is 10.6. The van der Waals surface area contributed by atoms with Crippen molar-refractivity contribution >= 4 is 5.69 Å². The molecule has 0 fully saturated rings. The van der Waals surface area contributed by atoms with Gasteiger partial charge < -0.3 is 19.5 Å². The number of nitrogens with zero attached hydrogens (tertiary/aromatic N) is 1. The molecule has 0 saturated carbocycles. The Bertz CT molecular complexity index is 334. The molecule has 0 unspecified atom stereocenters. The standard InChI is InChI=1S/C14H24N2O3/c1-3-5-15-13-4-6-16-14(11-13)12-19-10-9-18-8-7-17-2/h4,6,11H,3,5,7-10,12H2,1-2H3,(H,15,16). The summed E-state index contributed by atoms with van der Waals surface area (Å²) in [5.41, 5.74) is 2.02. The Kier molecular flexibility index (Phi) is 8.97. The summed E-state index contributed by atoms with van der Waals surface area (Å²) >= 11 is 0. The summed E-state index contributed by atoms with van der Waals surface area (Å²) in [4.78, 5) is 4.27. The molecule has 1 aromatic heterocycles. The van der Waals surface area contributed by atoms with Gasteiger partial charge in [-0.15, -0.1) is 0 Å². The maximum atomic E-state index is 5.50. The van der Waals surface area contributed by atoms with Crippen LogP contribution in [0, 0.1) is 0 Å². The Hall–Kier alpha value is -1.17. The third-order valence-electron chi connectivity index (χ3n) is 2.45. The number of hydrogen-bond donors (Lipinski definition) is 1. The second-order valence-electron chi connectivity index (χ2n) is 4.12. The Morgan fingerprint density at radius 2 is 1.95 bits per heavy atom. The molecule has 5 heteroatoms. The molecule has 0 radical (unpaired) electrons. The van der Waals surface area contributed by atoms with E-state index >= 15 is 0 Å². The van der Waals surface area contributed by atoms with E-state index < -0.39 is 0 Å². The third-order valence-corrected chi connectivity index (χ3v) is 2.45. The zero-order valence-electron chi connectivity index (χ0n) is 11.9. The van der Waals surface area contributed by atoms with Gasteiger partial charge in [0.25, 0.3) is 0 Å². The van der Waals surface area contributed by atoms with Gasteiger partial charge >= 0.3 is 0 Å². The van der Waals surface area contributed by atoms with Gasteiger partial charge in [-0.25, -0.2) is 0 Å². The number of hydrogen-bond acceptors (Lipinski definition) is 5. The maximum Gasteiger partial charge on any atom is 0.0889 e. The van der Waals surface area contributed by atoms with Crippen LogP contribution in [0.3, 0.4) is 0 Å². The van der Waals surface area contributed by atoms with Crippen LogP contribution in [-0.4, -0.2) is 45.1 Å². The number of aromatic nitrogens is 1. The molecule has 0 aliphatic heterocycles. The van der Waals surface area contributed by atoms with E-state index in [1.807, 2.05) is 12.1 Å². The van der Waals surface area contributed by atoms with Gasteiger partial charge in [0, 0.05) is 25.5 Å². The molecule has 0 saturated heterocycles. The number of pyridine rings is 1. The first-order valence-corrected chi connectivity index (χ1v) is 6.70. The molecule has 1 N–H and O–H groups in total. The average Bonchev–Trinajstić information content (AvgIpc) is 2.44. The second-order valence-corrected chi connectivity index (χ2v) is 4.12. The smallest absolute Gasteiger partial charge is 0.0889 e. The van der Waals surface area contributed by atoms with Crippen molar-refractivity contribution < 1.29 is 14.2 Å². The summed E-state index contributed by atoms with van der Waals surface area (Å²) in [6, 6.07) is 3.98. The number of rotatable bonds is 11. The molecule has 0 amide bonds. The van der Waals surface area contributed by atoms with Crippen molar-refractivity contribution in [1.29, 1.82) is 0 Å². The van der Waals surface area contributed by atoms with Crippen LogP contribution in [-0.2, 0) is 20.8 Å². The Balaban J connectivity index is 2.14.